The van der Waals surface area contributed by atoms with E-state index in [2.05, 4.69) is 24.8 Å². The number of nitrogens with zero attached hydrogens (tertiary/aromatic N) is 1. The summed E-state index contributed by atoms with van der Waals surface area (Å²) in [5.74, 6) is 0. The van der Waals surface area contributed by atoms with E-state index in [9.17, 15) is 0 Å². The molecule has 190 valence electrons. The Labute approximate surface area is 204 Å². The monoisotopic (exact) mass is 447 g/mol. The van der Waals surface area contributed by atoms with E-state index in [1.54, 1.807) is 5.70 Å². The molecule has 0 atom stereocenters. The molecule has 1 aliphatic rings. The van der Waals surface area contributed by atoms with Crippen LogP contribution in [0.1, 0.15) is 174 Å². The molecule has 0 N–H and O–H groups in total. The summed E-state index contributed by atoms with van der Waals surface area (Å²) < 4.78 is 0. The van der Waals surface area contributed by atoms with Crippen LogP contribution in [0.2, 0.25) is 0 Å². The number of rotatable bonds is 24. The maximum Gasteiger partial charge on any atom is 0.0175 e. The van der Waals surface area contributed by atoms with E-state index in [0.29, 0.717) is 0 Å². The van der Waals surface area contributed by atoms with Gasteiger partial charge in [0.25, 0.3) is 0 Å². The quantitative estimate of drug-likeness (QED) is 0.133. The van der Waals surface area contributed by atoms with Crippen molar-refractivity contribution in [2.75, 3.05) is 13.1 Å². The first-order chi connectivity index (χ1) is 15.9. The second-order valence-corrected chi connectivity index (χ2v) is 10.6. The highest BCUT2D eigenvalue weighted by molar-refractivity contribution is 5.03. The van der Waals surface area contributed by atoms with Crippen molar-refractivity contribution in [2.24, 2.45) is 0 Å². The number of hydrogen-bond acceptors (Lipinski definition) is 1. The van der Waals surface area contributed by atoms with Gasteiger partial charge < -0.3 is 4.90 Å². The second kappa shape index (κ2) is 23.7. The highest BCUT2D eigenvalue weighted by Crippen LogP contribution is 2.22. The van der Waals surface area contributed by atoms with E-state index >= 15 is 0 Å². The fourth-order valence-electron chi connectivity index (χ4n) is 5.25. The Morgan fingerprint density at radius 1 is 0.500 bits per heavy atom. The zero-order valence-electron chi connectivity index (χ0n) is 22.6. The molecule has 0 unspecified atom stereocenters. The zero-order valence-corrected chi connectivity index (χ0v) is 22.6. The van der Waals surface area contributed by atoms with Crippen LogP contribution in [0.4, 0.5) is 0 Å². The van der Waals surface area contributed by atoms with Crippen LogP contribution in [-0.4, -0.2) is 18.0 Å². The first kappa shape index (κ1) is 29.6. The van der Waals surface area contributed by atoms with Crippen molar-refractivity contribution in [3.8, 4) is 0 Å². The highest BCUT2D eigenvalue weighted by atomic mass is 15.1. The van der Waals surface area contributed by atoms with Gasteiger partial charge in [0.15, 0.2) is 0 Å². The molecule has 1 fully saturated rings. The Hall–Kier alpha value is -0.460. The van der Waals surface area contributed by atoms with Crippen LogP contribution in [0.25, 0.3) is 0 Å². The van der Waals surface area contributed by atoms with E-state index in [1.807, 2.05) is 0 Å². The maximum absolute atomic E-state index is 2.68. The molecular formula is C31H61N. The normalized spacial score (nSPS) is 14.6. The summed E-state index contributed by atoms with van der Waals surface area (Å²) in [6.45, 7) is 7.25. The predicted molar refractivity (Wildman–Crippen MR) is 146 cm³/mol. The number of likely N-dealkylation sites (tertiary alicyclic amines) is 1. The molecule has 1 heterocycles. The van der Waals surface area contributed by atoms with Gasteiger partial charge in [-0.05, 0) is 32.1 Å². The summed E-state index contributed by atoms with van der Waals surface area (Å²) in [6.07, 6.45) is 38.6. The molecule has 1 rings (SSSR count). The molecule has 0 bridgehead atoms. The van der Waals surface area contributed by atoms with Crippen molar-refractivity contribution < 1.29 is 0 Å². The molecule has 0 saturated carbocycles. The first-order valence-corrected chi connectivity index (χ1v) is 15.3. The molecule has 0 amide bonds. The van der Waals surface area contributed by atoms with E-state index in [0.717, 1.165) is 0 Å². The van der Waals surface area contributed by atoms with Crippen molar-refractivity contribution in [1.29, 1.82) is 0 Å². The van der Waals surface area contributed by atoms with E-state index in [4.69, 9.17) is 0 Å². The smallest absolute Gasteiger partial charge is 0.0175 e. The molecule has 0 aromatic heterocycles. The van der Waals surface area contributed by atoms with Crippen LogP contribution in [0.5, 0.6) is 0 Å². The molecule has 1 heteroatoms. The van der Waals surface area contributed by atoms with Crippen LogP contribution in [0, 0.1) is 0 Å². The lowest BCUT2D eigenvalue weighted by atomic mass is 10.0. The molecule has 1 saturated heterocycles. The van der Waals surface area contributed by atoms with E-state index in [-0.39, 0.29) is 0 Å². The second-order valence-electron chi connectivity index (χ2n) is 10.6. The van der Waals surface area contributed by atoms with Crippen LogP contribution < -0.4 is 0 Å². The molecular weight excluding hydrogens is 386 g/mol. The molecule has 1 aliphatic heterocycles. The van der Waals surface area contributed by atoms with Gasteiger partial charge in [-0.15, -0.1) is 0 Å². The molecule has 0 aliphatic carbocycles. The van der Waals surface area contributed by atoms with Gasteiger partial charge in [-0.3, -0.25) is 0 Å². The van der Waals surface area contributed by atoms with Crippen molar-refractivity contribution in [2.45, 2.75) is 174 Å². The number of unbranched alkanes of at least 4 members (excludes halogenated alkanes) is 20. The standard InChI is InChI=1S/C31H61N/c1-3-5-7-8-9-10-11-12-13-14-15-16-17-18-19-20-21-22-24-28-31(27-23-6-4-2)32-29-25-26-30-32/h27H,3-26,28-30H2,1-2H3/b31-27+. The fraction of sp³-hybridized carbons (Fsp3) is 0.935. The van der Waals surface area contributed by atoms with Crippen LogP contribution in [0.15, 0.2) is 11.8 Å². The lowest BCUT2D eigenvalue weighted by Crippen LogP contribution is -2.18. The third-order valence-electron chi connectivity index (χ3n) is 7.49. The third kappa shape index (κ3) is 18.0. The van der Waals surface area contributed by atoms with Crippen molar-refractivity contribution in [3.63, 3.8) is 0 Å². The lowest BCUT2D eigenvalue weighted by Gasteiger charge is -2.22. The Balaban J connectivity index is 1.82. The summed E-state index contributed by atoms with van der Waals surface area (Å²) >= 11 is 0. The van der Waals surface area contributed by atoms with E-state index < -0.39 is 0 Å². The van der Waals surface area contributed by atoms with Gasteiger partial charge in [0.05, 0.1) is 0 Å². The maximum atomic E-state index is 2.68. The van der Waals surface area contributed by atoms with Gasteiger partial charge in [-0.1, -0.05) is 148 Å². The van der Waals surface area contributed by atoms with Crippen LogP contribution in [-0.2, 0) is 0 Å². The Morgan fingerprint density at radius 3 is 1.28 bits per heavy atom. The average Bonchev–Trinajstić information content (AvgIpc) is 3.34. The Kier molecular flexibility index (Phi) is 21.9. The van der Waals surface area contributed by atoms with Gasteiger partial charge in [0, 0.05) is 18.8 Å². The highest BCUT2D eigenvalue weighted by Gasteiger charge is 2.14. The topological polar surface area (TPSA) is 3.24 Å². The number of hydrogen-bond donors (Lipinski definition) is 0. The summed E-state index contributed by atoms with van der Waals surface area (Å²) in [4.78, 5) is 2.68. The average molecular weight is 448 g/mol. The summed E-state index contributed by atoms with van der Waals surface area (Å²) in [6, 6.07) is 0. The minimum Gasteiger partial charge on any atom is -0.375 e. The zero-order chi connectivity index (χ0) is 23.0. The number of allylic oxidation sites excluding steroid dienone is 2. The van der Waals surface area contributed by atoms with Crippen molar-refractivity contribution in [3.05, 3.63) is 11.8 Å². The lowest BCUT2D eigenvalue weighted by molar-refractivity contribution is 0.399. The third-order valence-corrected chi connectivity index (χ3v) is 7.49. The van der Waals surface area contributed by atoms with Gasteiger partial charge in [0.1, 0.15) is 0 Å². The summed E-state index contributed by atoms with van der Waals surface area (Å²) in [7, 11) is 0. The van der Waals surface area contributed by atoms with Crippen LogP contribution >= 0.6 is 0 Å². The SMILES string of the molecule is CCCC/C=C(\CCCCCCCCCCCCCCCCCCCCC)N1CCCC1. The van der Waals surface area contributed by atoms with E-state index in [1.165, 1.54) is 174 Å². The molecule has 32 heavy (non-hydrogen) atoms. The molecule has 0 radical (unpaired) electrons. The Bertz CT molecular complexity index is 393. The van der Waals surface area contributed by atoms with Crippen molar-refractivity contribution in [1.82, 2.24) is 4.90 Å². The molecule has 0 aromatic carbocycles. The summed E-state index contributed by atoms with van der Waals surface area (Å²) in [5, 5.41) is 0. The summed E-state index contributed by atoms with van der Waals surface area (Å²) in [5.41, 5.74) is 1.68. The molecule has 0 aromatic rings. The minimum atomic E-state index is 1.29. The molecule has 0 spiro atoms. The van der Waals surface area contributed by atoms with Gasteiger partial charge >= 0.3 is 0 Å². The van der Waals surface area contributed by atoms with Gasteiger partial charge in [-0.2, -0.15) is 0 Å². The first-order valence-electron chi connectivity index (χ1n) is 15.3. The predicted octanol–water partition coefficient (Wildman–Crippen LogP) is 11.0. The van der Waals surface area contributed by atoms with Gasteiger partial charge in [-0.25, -0.2) is 0 Å². The minimum absolute atomic E-state index is 1.29. The van der Waals surface area contributed by atoms with Gasteiger partial charge in [0.2, 0.25) is 0 Å². The van der Waals surface area contributed by atoms with Crippen LogP contribution in [0.3, 0.4) is 0 Å². The largest absolute Gasteiger partial charge is 0.375 e. The fourth-order valence-corrected chi connectivity index (χ4v) is 5.25. The van der Waals surface area contributed by atoms with Crippen molar-refractivity contribution >= 4 is 0 Å². The Morgan fingerprint density at radius 2 is 0.875 bits per heavy atom. The molecule has 1 nitrogen and oxygen atoms in total.